The Balaban J connectivity index is 1.39. The summed E-state index contributed by atoms with van der Waals surface area (Å²) in [5.41, 5.74) is 5.93. The van der Waals surface area contributed by atoms with Gasteiger partial charge in [0.15, 0.2) is 11.5 Å². The first kappa shape index (κ1) is 24.9. The molecular weight excluding hydrogens is 454 g/mol. The summed E-state index contributed by atoms with van der Waals surface area (Å²) in [4.78, 5) is 18.8. The van der Waals surface area contributed by atoms with Crippen molar-refractivity contribution in [1.82, 2.24) is 19.7 Å². The molecule has 3 aromatic carbocycles. The molecule has 4 aromatic rings. The number of nitrogens with zero attached hydrogens (tertiary/aromatic N) is 4. The zero-order valence-corrected chi connectivity index (χ0v) is 21.1. The van der Waals surface area contributed by atoms with Crippen LogP contribution in [0.15, 0.2) is 73.3 Å². The molecule has 0 aliphatic rings. The fourth-order valence-electron chi connectivity index (χ4n) is 3.85. The number of ether oxygens (including phenoxy) is 2. The highest BCUT2D eigenvalue weighted by atomic mass is 16.5. The molecule has 0 unspecified atom stereocenters. The third-order valence-electron chi connectivity index (χ3n) is 5.77. The lowest BCUT2D eigenvalue weighted by Crippen LogP contribution is -2.19. The van der Waals surface area contributed by atoms with Crippen LogP contribution in [0.25, 0.3) is 16.8 Å². The number of rotatable bonds is 10. The Morgan fingerprint density at radius 3 is 2.50 bits per heavy atom. The molecule has 8 nitrogen and oxygen atoms in total. The maximum atomic E-state index is 12.7. The number of amides is 1. The molecule has 8 heteroatoms. The minimum atomic E-state index is -0.0967. The summed E-state index contributed by atoms with van der Waals surface area (Å²) in [5.74, 6) is 1.14. The smallest absolute Gasteiger partial charge is 0.228 e. The molecule has 1 amide bonds. The van der Waals surface area contributed by atoms with E-state index in [2.05, 4.69) is 34.5 Å². The van der Waals surface area contributed by atoms with Gasteiger partial charge >= 0.3 is 0 Å². The predicted molar refractivity (Wildman–Crippen MR) is 141 cm³/mol. The van der Waals surface area contributed by atoms with Crippen molar-refractivity contribution in [3.8, 4) is 28.3 Å². The van der Waals surface area contributed by atoms with Gasteiger partial charge in [-0.25, -0.2) is 9.67 Å². The molecule has 0 spiro atoms. The molecule has 1 heterocycles. The summed E-state index contributed by atoms with van der Waals surface area (Å²) in [5, 5.41) is 7.14. The van der Waals surface area contributed by atoms with Gasteiger partial charge in [-0.1, -0.05) is 30.3 Å². The van der Waals surface area contributed by atoms with E-state index in [4.69, 9.17) is 9.47 Å². The fraction of sp³-hybridized carbons (Fsp3) is 0.250. The third kappa shape index (κ3) is 6.28. The number of methoxy groups -OCH3 is 1. The van der Waals surface area contributed by atoms with Crippen LogP contribution in [0.5, 0.6) is 11.5 Å². The van der Waals surface area contributed by atoms with Crippen molar-refractivity contribution in [3.63, 3.8) is 0 Å². The van der Waals surface area contributed by atoms with E-state index < -0.39 is 0 Å². The summed E-state index contributed by atoms with van der Waals surface area (Å²) >= 11 is 0. The van der Waals surface area contributed by atoms with Crippen LogP contribution in [0.2, 0.25) is 0 Å². The van der Waals surface area contributed by atoms with Crippen molar-refractivity contribution in [2.75, 3.05) is 39.7 Å². The molecular formula is C28H31N5O3. The molecule has 1 aromatic heterocycles. The Bertz CT molecular complexity index is 1300. The minimum Gasteiger partial charge on any atom is -0.493 e. The van der Waals surface area contributed by atoms with Crippen molar-refractivity contribution in [3.05, 3.63) is 84.4 Å². The van der Waals surface area contributed by atoms with Crippen LogP contribution in [0.1, 0.15) is 11.1 Å². The Labute approximate surface area is 211 Å². The lowest BCUT2D eigenvalue weighted by atomic mass is 9.98. The predicted octanol–water partition coefficient (Wildman–Crippen LogP) is 4.37. The van der Waals surface area contributed by atoms with Crippen molar-refractivity contribution in [2.24, 2.45) is 0 Å². The van der Waals surface area contributed by atoms with E-state index in [1.54, 1.807) is 30.3 Å². The van der Waals surface area contributed by atoms with Gasteiger partial charge in [-0.15, -0.1) is 0 Å². The number of benzene rings is 3. The van der Waals surface area contributed by atoms with E-state index in [1.807, 2.05) is 55.4 Å². The maximum Gasteiger partial charge on any atom is 0.228 e. The molecule has 0 atom stereocenters. The molecule has 1 N–H and O–H groups in total. The average molecular weight is 486 g/mol. The number of carbonyl (C=O) groups excluding carboxylic acids is 1. The molecule has 0 aliphatic heterocycles. The minimum absolute atomic E-state index is 0.0967. The van der Waals surface area contributed by atoms with Crippen LogP contribution in [-0.4, -0.2) is 59.9 Å². The molecule has 0 bridgehead atoms. The Morgan fingerprint density at radius 1 is 1.03 bits per heavy atom. The van der Waals surface area contributed by atoms with Crippen LogP contribution in [0, 0.1) is 6.92 Å². The summed E-state index contributed by atoms with van der Waals surface area (Å²) in [6, 6.07) is 19.7. The van der Waals surface area contributed by atoms with Crippen molar-refractivity contribution in [2.45, 2.75) is 13.3 Å². The van der Waals surface area contributed by atoms with Gasteiger partial charge < -0.3 is 19.7 Å². The zero-order valence-electron chi connectivity index (χ0n) is 21.1. The summed E-state index contributed by atoms with van der Waals surface area (Å²) in [6.07, 6.45) is 3.47. The molecule has 186 valence electrons. The normalized spacial score (nSPS) is 10.9. The van der Waals surface area contributed by atoms with E-state index >= 15 is 0 Å². The van der Waals surface area contributed by atoms with Crippen molar-refractivity contribution in [1.29, 1.82) is 0 Å². The number of anilines is 1. The molecule has 0 fully saturated rings. The SMILES string of the molecule is COc1ccc(NC(=O)Cc2ccc(-c3ccc(-n4cncn4)cc3C)cc2)cc1OCCN(C)C. The first-order chi connectivity index (χ1) is 17.4. The Morgan fingerprint density at radius 2 is 1.83 bits per heavy atom. The highest BCUT2D eigenvalue weighted by Gasteiger charge is 2.10. The largest absolute Gasteiger partial charge is 0.493 e. The van der Waals surface area contributed by atoms with E-state index in [-0.39, 0.29) is 12.3 Å². The van der Waals surface area contributed by atoms with Crippen molar-refractivity contribution >= 4 is 11.6 Å². The zero-order chi connectivity index (χ0) is 25.5. The van der Waals surface area contributed by atoms with Gasteiger partial charge in [-0.05, 0) is 67.5 Å². The van der Waals surface area contributed by atoms with Crippen LogP contribution in [-0.2, 0) is 11.2 Å². The van der Waals surface area contributed by atoms with Crippen LogP contribution < -0.4 is 14.8 Å². The van der Waals surface area contributed by atoms with Crippen molar-refractivity contribution < 1.29 is 14.3 Å². The van der Waals surface area contributed by atoms with Gasteiger partial charge in [0.1, 0.15) is 19.3 Å². The van der Waals surface area contributed by atoms with Gasteiger partial charge in [0.2, 0.25) is 5.91 Å². The van der Waals surface area contributed by atoms with E-state index in [0.717, 1.165) is 34.5 Å². The molecule has 0 aliphatic carbocycles. The summed E-state index contributed by atoms with van der Waals surface area (Å²) in [6.45, 7) is 3.38. The number of carbonyl (C=O) groups is 1. The standard InChI is InChI=1S/C28H31N5O3/c1-20-15-24(33-19-29-18-30-33)10-11-25(20)22-7-5-21(6-8-22)16-28(34)31-23-9-12-26(35-4)27(17-23)36-14-13-32(2)3/h5-12,15,17-19H,13-14,16H2,1-4H3,(H,31,34). The number of nitrogens with one attached hydrogen (secondary N) is 1. The van der Waals surface area contributed by atoms with Crippen LogP contribution >= 0.6 is 0 Å². The number of aryl methyl sites for hydroxylation is 1. The fourth-order valence-corrected chi connectivity index (χ4v) is 3.85. The Hall–Kier alpha value is -4.17. The van der Waals surface area contributed by atoms with Gasteiger partial charge in [-0.3, -0.25) is 4.79 Å². The quantitative estimate of drug-likeness (QED) is 0.359. The maximum absolute atomic E-state index is 12.7. The first-order valence-electron chi connectivity index (χ1n) is 11.7. The number of hydrogen-bond donors (Lipinski definition) is 1. The van der Waals surface area contributed by atoms with Gasteiger partial charge in [-0.2, -0.15) is 5.10 Å². The first-order valence-corrected chi connectivity index (χ1v) is 11.7. The number of hydrogen-bond acceptors (Lipinski definition) is 6. The molecule has 0 radical (unpaired) electrons. The molecule has 0 saturated carbocycles. The van der Waals surface area contributed by atoms with Crippen LogP contribution in [0.3, 0.4) is 0 Å². The summed E-state index contributed by atoms with van der Waals surface area (Å²) in [7, 11) is 5.57. The Kier molecular flexibility index (Phi) is 7.97. The average Bonchev–Trinajstić information content (AvgIpc) is 3.40. The highest BCUT2D eigenvalue weighted by Crippen LogP contribution is 2.30. The highest BCUT2D eigenvalue weighted by molar-refractivity contribution is 5.92. The monoisotopic (exact) mass is 485 g/mol. The summed E-state index contributed by atoms with van der Waals surface area (Å²) < 4.78 is 13.0. The second-order valence-corrected chi connectivity index (χ2v) is 8.78. The molecule has 0 saturated heterocycles. The van der Waals surface area contributed by atoms with Crippen LogP contribution in [0.4, 0.5) is 5.69 Å². The molecule has 36 heavy (non-hydrogen) atoms. The topological polar surface area (TPSA) is 81.5 Å². The lowest BCUT2D eigenvalue weighted by molar-refractivity contribution is -0.115. The van der Waals surface area contributed by atoms with E-state index in [0.29, 0.717) is 23.8 Å². The number of aromatic nitrogens is 3. The second kappa shape index (κ2) is 11.5. The van der Waals surface area contributed by atoms with Gasteiger partial charge in [0.05, 0.1) is 19.2 Å². The number of likely N-dealkylation sites (N-methyl/N-ethyl adjacent to an activating group) is 1. The third-order valence-corrected chi connectivity index (χ3v) is 5.77. The molecule has 4 rings (SSSR count). The second-order valence-electron chi connectivity index (χ2n) is 8.78. The van der Waals surface area contributed by atoms with Gasteiger partial charge in [0.25, 0.3) is 0 Å². The lowest BCUT2D eigenvalue weighted by Gasteiger charge is -2.15. The van der Waals surface area contributed by atoms with E-state index in [1.165, 1.54) is 6.33 Å². The van der Waals surface area contributed by atoms with Gasteiger partial charge in [0, 0.05) is 18.3 Å². The van der Waals surface area contributed by atoms with E-state index in [9.17, 15) is 4.79 Å².